The van der Waals surface area contributed by atoms with Crippen molar-refractivity contribution in [2.45, 2.75) is 44.7 Å². The molecule has 1 aromatic carbocycles. The molecule has 1 saturated carbocycles. The van der Waals surface area contributed by atoms with Gasteiger partial charge in [0.25, 0.3) is 0 Å². The van der Waals surface area contributed by atoms with Gasteiger partial charge >= 0.3 is 0 Å². The SMILES string of the molecule is CCN(Cc1nnc(C2CC2)o1)[C@H]1CCN(c2ccccc2)C1=O. The molecule has 0 unspecified atom stereocenters. The number of rotatable bonds is 6. The molecule has 0 bridgehead atoms. The molecule has 1 aromatic heterocycles. The van der Waals surface area contributed by atoms with E-state index < -0.39 is 0 Å². The van der Waals surface area contributed by atoms with Gasteiger partial charge in [0.05, 0.1) is 12.6 Å². The third-order valence-electron chi connectivity index (χ3n) is 4.84. The number of amides is 1. The van der Waals surface area contributed by atoms with Crippen LogP contribution in [0.25, 0.3) is 0 Å². The fraction of sp³-hybridized carbons (Fsp3) is 0.500. The van der Waals surface area contributed by atoms with Gasteiger partial charge in [0.1, 0.15) is 0 Å². The lowest BCUT2D eigenvalue weighted by atomic mass is 10.2. The number of hydrogen-bond acceptors (Lipinski definition) is 5. The Morgan fingerprint density at radius 3 is 2.71 bits per heavy atom. The number of carbonyl (C=O) groups excluding carboxylic acids is 1. The molecule has 6 nitrogen and oxygen atoms in total. The van der Waals surface area contributed by atoms with E-state index in [1.165, 1.54) is 0 Å². The predicted octanol–water partition coefficient (Wildman–Crippen LogP) is 2.57. The van der Waals surface area contributed by atoms with E-state index in [1.807, 2.05) is 35.2 Å². The van der Waals surface area contributed by atoms with Gasteiger partial charge < -0.3 is 9.32 Å². The molecule has 1 atom stereocenters. The van der Waals surface area contributed by atoms with Gasteiger partial charge in [0.2, 0.25) is 17.7 Å². The molecule has 2 fully saturated rings. The van der Waals surface area contributed by atoms with Gasteiger partial charge in [-0.05, 0) is 37.9 Å². The first-order valence-corrected chi connectivity index (χ1v) is 8.69. The zero-order valence-corrected chi connectivity index (χ0v) is 13.9. The number of hydrogen-bond donors (Lipinski definition) is 0. The van der Waals surface area contributed by atoms with Crippen LogP contribution in [0.2, 0.25) is 0 Å². The van der Waals surface area contributed by atoms with Crippen LogP contribution in [0.1, 0.15) is 43.9 Å². The van der Waals surface area contributed by atoms with Crippen molar-refractivity contribution in [3.63, 3.8) is 0 Å². The lowest BCUT2D eigenvalue weighted by Gasteiger charge is -2.25. The van der Waals surface area contributed by atoms with E-state index >= 15 is 0 Å². The van der Waals surface area contributed by atoms with E-state index in [0.717, 1.165) is 43.9 Å². The molecule has 2 aromatic rings. The quantitative estimate of drug-likeness (QED) is 0.816. The van der Waals surface area contributed by atoms with E-state index in [-0.39, 0.29) is 11.9 Å². The summed E-state index contributed by atoms with van der Waals surface area (Å²) in [5.41, 5.74) is 0.967. The van der Waals surface area contributed by atoms with Gasteiger partial charge in [0.15, 0.2) is 0 Å². The summed E-state index contributed by atoms with van der Waals surface area (Å²) in [6.07, 6.45) is 3.11. The van der Waals surface area contributed by atoms with Gasteiger partial charge in [-0.1, -0.05) is 25.1 Å². The van der Waals surface area contributed by atoms with Gasteiger partial charge in [-0.2, -0.15) is 0 Å². The lowest BCUT2D eigenvalue weighted by molar-refractivity contribution is -0.121. The highest BCUT2D eigenvalue weighted by atomic mass is 16.4. The zero-order chi connectivity index (χ0) is 16.5. The van der Waals surface area contributed by atoms with Crippen LogP contribution in [0.3, 0.4) is 0 Å². The van der Waals surface area contributed by atoms with Crippen LogP contribution in [0, 0.1) is 0 Å². The first kappa shape index (κ1) is 15.3. The Morgan fingerprint density at radius 2 is 2.00 bits per heavy atom. The summed E-state index contributed by atoms with van der Waals surface area (Å²) in [7, 11) is 0. The summed E-state index contributed by atoms with van der Waals surface area (Å²) in [5, 5.41) is 8.29. The molecule has 24 heavy (non-hydrogen) atoms. The van der Waals surface area contributed by atoms with Crippen molar-refractivity contribution >= 4 is 11.6 Å². The van der Waals surface area contributed by atoms with Gasteiger partial charge in [0, 0.05) is 18.2 Å². The third kappa shape index (κ3) is 2.94. The molecule has 2 aliphatic rings. The maximum Gasteiger partial charge on any atom is 0.244 e. The first-order chi connectivity index (χ1) is 11.8. The monoisotopic (exact) mass is 326 g/mol. The number of benzene rings is 1. The van der Waals surface area contributed by atoms with Gasteiger partial charge in [-0.3, -0.25) is 9.69 Å². The fourth-order valence-corrected chi connectivity index (χ4v) is 3.31. The Kier molecular flexibility index (Phi) is 4.06. The Balaban J connectivity index is 1.45. The summed E-state index contributed by atoms with van der Waals surface area (Å²) < 4.78 is 5.76. The summed E-state index contributed by atoms with van der Waals surface area (Å²) in [6, 6.07) is 9.74. The molecule has 0 spiro atoms. The van der Waals surface area contributed by atoms with Gasteiger partial charge in [-0.25, -0.2) is 0 Å². The largest absolute Gasteiger partial charge is 0.424 e. The highest BCUT2D eigenvalue weighted by molar-refractivity contribution is 5.99. The molecule has 6 heteroatoms. The van der Waals surface area contributed by atoms with E-state index in [0.29, 0.717) is 18.4 Å². The van der Waals surface area contributed by atoms with Crippen LogP contribution in [0.15, 0.2) is 34.7 Å². The average Bonchev–Trinajstić information content (AvgIpc) is 3.25. The number of carbonyl (C=O) groups is 1. The fourth-order valence-electron chi connectivity index (χ4n) is 3.31. The molecular formula is C18H22N4O2. The molecule has 1 aliphatic heterocycles. The van der Waals surface area contributed by atoms with E-state index in [9.17, 15) is 4.79 Å². The molecular weight excluding hydrogens is 304 g/mol. The smallest absolute Gasteiger partial charge is 0.244 e. The molecule has 126 valence electrons. The Morgan fingerprint density at radius 1 is 1.21 bits per heavy atom. The summed E-state index contributed by atoms with van der Waals surface area (Å²) in [4.78, 5) is 16.8. The second kappa shape index (κ2) is 6.36. The van der Waals surface area contributed by atoms with Crippen LogP contribution < -0.4 is 4.90 Å². The molecule has 2 heterocycles. The van der Waals surface area contributed by atoms with Crippen LogP contribution >= 0.6 is 0 Å². The normalized spacial score (nSPS) is 21.0. The minimum Gasteiger partial charge on any atom is -0.424 e. The van der Waals surface area contributed by atoms with Crippen molar-refractivity contribution in [1.29, 1.82) is 0 Å². The minimum absolute atomic E-state index is 0.119. The second-order valence-corrected chi connectivity index (χ2v) is 6.50. The maximum atomic E-state index is 12.8. The predicted molar refractivity (Wildman–Crippen MR) is 89.6 cm³/mol. The number of anilines is 1. The van der Waals surface area contributed by atoms with Crippen molar-refractivity contribution in [3.8, 4) is 0 Å². The van der Waals surface area contributed by atoms with E-state index in [2.05, 4.69) is 22.0 Å². The zero-order valence-electron chi connectivity index (χ0n) is 13.9. The first-order valence-electron chi connectivity index (χ1n) is 8.69. The standard InChI is InChI=1S/C18H22N4O2/c1-2-21(12-16-19-20-17(24-16)13-8-9-13)15-10-11-22(18(15)23)14-6-4-3-5-7-14/h3-7,13,15H,2,8-12H2,1H3/t15-/m0/s1. The van der Waals surface area contributed by atoms with Crippen molar-refractivity contribution in [1.82, 2.24) is 15.1 Å². The average molecular weight is 326 g/mol. The van der Waals surface area contributed by atoms with Crippen LogP contribution in [-0.2, 0) is 11.3 Å². The molecule has 1 saturated heterocycles. The Bertz CT molecular complexity index is 711. The summed E-state index contributed by atoms with van der Waals surface area (Å²) in [6.45, 7) is 4.13. The Labute approximate surface area is 141 Å². The molecule has 4 rings (SSSR count). The maximum absolute atomic E-state index is 12.8. The molecule has 1 amide bonds. The molecule has 1 aliphatic carbocycles. The van der Waals surface area contributed by atoms with Crippen molar-refractivity contribution < 1.29 is 9.21 Å². The number of likely N-dealkylation sites (N-methyl/N-ethyl adjacent to an activating group) is 1. The molecule has 0 N–H and O–H groups in total. The summed E-state index contributed by atoms with van der Waals surface area (Å²) in [5.74, 6) is 1.99. The summed E-state index contributed by atoms with van der Waals surface area (Å²) >= 11 is 0. The van der Waals surface area contributed by atoms with Crippen molar-refractivity contribution in [2.24, 2.45) is 0 Å². The van der Waals surface area contributed by atoms with E-state index in [4.69, 9.17) is 4.42 Å². The number of aromatic nitrogens is 2. The van der Waals surface area contributed by atoms with Crippen molar-refractivity contribution in [2.75, 3.05) is 18.0 Å². The third-order valence-corrected chi connectivity index (χ3v) is 4.84. The van der Waals surface area contributed by atoms with Crippen LogP contribution in [0.5, 0.6) is 0 Å². The van der Waals surface area contributed by atoms with E-state index in [1.54, 1.807) is 0 Å². The highest BCUT2D eigenvalue weighted by Crippen LogP contribution is 2.39. The van der Waals surface area contributed by atoms with Gasteiger partial charge in [-0.15, -0.1) is 10.2 Å². The topological polar surface area (TPSA) is 62.5 Å². The highest BCUT2D eigenvalue weighted by Gasteiger charge is 2.37. The van der Waals surface area contributed by atoms with Crippen LogP contribution in [-0.4, -0.2) is 40.1 Å². The minimum atomic E-state index is -0.119. The van der Waals surface area contributed by atoms with Crippen molar-refractivity contribution in [3.05, 3.63) is 42.1 Å². The van der Waals surface area contributed by atoms with Crippen LogP contribution in [0.4, 0.5) is 5.69 Å². The number of nitrogens with zero attached hydrogens (tertiary/aromatic N) is 4. The molecule has 0 radical (unpaired) electrons. The lowest BCUT2D eigenvalue weighted by Crippen LogP contribution is -2.41. The second-order valence-electron chi connectivity index (χ2n) is 6.50. The number of para-hydroxylation sites is 1. The Hall–Kier alpha value is -2.21.